The molecule has 5 atom stereocenters. The molecular formula is C65H91B2F3N8NaO15S. The van der Waals surface area contributed by atoms with Gasteiger partial charge in [-0.15, -0.1) is 0 Å². The van der Waals surface area contributed by atoms with E-state index < -0.39 is 49.8 Å². The van der Waals surface area contributed by atoms with Gasteiger partial charge in [-0.25, -0.2) is 14.5 Å². The predicted octanol–water partition coefficient (Wildman–Crippen LogP) is 9.35. The maximum absolute atomic E-state index is 12.5. The Morgan fingerprint density at radius 3 is 1.62 bits per heavy atom. The van der Waals surface area contributed by atoms with Crippen molar-refractivity contribution >= 4 is 77.5 Å². The monoisotopic (exact) mass is 1360 g/mol. The summed E-state index contributed by atoms with van der Waals surface area (Å²) in [6, 6.07) is 28.7. The molecule has 2 amide bonds. The Kier molecular flexibility index (Phi) is 32.0. The number of anilines is 1. The fourth-order valence-corrected chi connectivity index (χ4v) is 10.0. The van der Waals surface area contributed by atoms with Crippen LogP contribution in [0.1, 0.15) is 160 Å². The second-order valence-electron chi connectivity index (χ2n) is 26.6. The first-order chi connectivity index (χ1) is 42.7. The Labute approximate surface area is 581 Å². The molecule has 4 aromatic rings. The summed E-state index contributed by atoms with van der Waals surface area (Å²) >= 11 is 0. The number of allylic oxidation sites excluding steroid dienone is 2. The maximum Gasteiger partial charge on any atom is 1.00 e. The van der Waals surface area contributed by atoms with Crippen molar-refractivity contribution in [2.24, 2.45) is 28.7 Å². The number of carbonyl (C=O) groups is 2. The Bertz CT molecular complexity index is 3370. The van der Waals surface area contributed by atoms with Crippen molar-refractivity contribution in [2.75, 3.05) is 31.9 Å². The topological polar surface area (TPSA) is 319 Å². The van der Waals surface area contributed by atoms with Crippen LogP contribution in [0.4, 0.5) is 45.5 Å². The SMILES string of the molecule is CC1(C)OB(c2ccc([NH+]=O)cc2)OC1(C)C.C[C@H]1CC=C(OS(=O)(=O)C(F)(F)F)N(C(=O)OC(C)(C)C)C1.C[C@H]1CC=C(c2ccc([N+](=O)[O-])cc2)N(C(=O)OC(C)(C)C)C1.C[C@H]1CCC(c2ccc([N+](=O)[O-])cc2)=NC1.C[C@H]1CC[C@H](c2ccc(N)cc2)NC1.[B].[H-].[Na+].[OH-]. The molecule has 515 valence electrons. The van der Waals surface area contributed by atoms with E-state index in [-0.39, 0.29) is 98.4 Å². The van der Waals surface area contributed by atoms with Gasteiger partial charge in [-0.05, 0) is 203 Å². The van der Waals surface area contributed by atoms with Gasteiger partial charge in [0.2, 0.25) is 5.88 Å². The zero-order valence-electron chi connectivity index (χ0n) is 58.0. The van der Waals surface area contributed by atoms with E-state index in [0.717, 1.165) is 82.9 Å². The number of ether oxygens (including phenoxy) is 2. The van der Waals surface area contributed by atoms with Gasteiger partial charge in [-0.1, -0.05) is 58.0 Å². The van der Waals surface area contributed by atoms with Gasteiger partial charge in [0.15, 0.2) is 0 Å². The van der Waals surface area contributed by atoms with Gasteiger partial charge in [0.25, 0.3) is 17.1 Å². The largest absolute Gasteiger partial charge is 1.00 e. The Balaban J connectivity index is 0.000000600. The molecular weight excluding hydrogens is 1270 g/mol. The van der Waals surface area contributed by atoms with E-state index >= 15 is 0 Å². The summed E-state index contributed by atoms with van der Waals surface area (Å²) in [7, 11) is -6.22. The first-order valence-electron chi connectivity index (χ1n) is 30.6. The number of hydrogen-bond donors (Lipinski definition) is 3. The third kappa shape index (κ3) is 26.0. The average molecular weight is 1360 g/mol. The number of amides is 2. The normalized spacial score (nSPS) is 20.5. The molecule has 30 heteroatoms. The van der Waals surface area contributed by atoms with E-state index in [4.69, 9.17) is 24.5 Å². The summed E-state index contributed by atoms with van der Waals surface area (Å²) in [5, 5.41) is 26.7. The van der Waals surface area contributed by atoms with Crippen LogP contribution in [0.15, 0.2) is 120 Å². The number of halogens is 3. The first kappa shape index (κ1) is 84.4. The molecule has 9 rings (SSSR count). The molecule has 0 unspecified atom stereocenters. The number of nitrogen functional groups attached to an aromatic ring is 1. The van der Waals surface area contributed by atoms with Crippen LogP contribution in [-0.2, 0) is 33.1 Å². The molecule has 0 aliphatic carbocycles. The molecule has 2 saturated heterocycles. The number of carbonyl (C=O) groups excluding carboxylic acids is 2. The van der Waals surface area contributed by atoms with Crippen molar-refractivity contribution in [3.63, 3.8) is 0 Å². The van der Waals surface area contributed by atoms with Gasteiger partial charge in [0, 0.05) is 92.0 Å². The zero-order chi connectivity index (χ0) is 68.7. The number of nitro benzene ring substituents is 2. The molecule has 0 spiro atoms. The zero-order valence-corrected chi connectivity index (χ0v) is 59.8. The number of nitrogens with one attached hydrogen (secondary N) is 2. The van der Waals surface area contributed by atoms with E-state index in [2.05, 4.69) is 47.4 Å². The van der Waals surface area contributed by atoms with Gasteiger partial charge < -0.3 is 40.9 Å². The third-order valence-corrected chi connectivity index (χ3v) is 16.4. The minimum absolute atomic E-state index is 0. The van der Waals surface area contributed by atoms with Crippen molar-refractivity contribution in [1.82, 2.24) is 15.1 Å². The van der Waals surface area contributed by atoms with Crippen LogP contribution < -0.4 is 51.2 Å². The number of nitrogens with zero attached hydrogens (tertiary/aromatic N) is 5. The molecule has 5 aliphatic heterocycles. The molecule has 5 aliphatic rings. The molecule has 95 heavy (non-hydrogen) atoms. The van der Waals surface area contributed by atoms with Crippen molar-refractivity contribution < 1.29 is 106 Å². The quantitative estimate of drug-likeness (QED) is 0.0351. The number of aliphatic imine (C=N–C) groups is 1. The molecule has 5 N–H and O–H groups in total. The molecule has 2 fully saturated rings. The number of non-ortho nitro benzene ring substituents is 2. The fraction of sp³-hybridized carbons (Fsp3) is 0.523. The number of nitroso groups, excluding NO2 is 1. The summed E-state index contributed by atoms with van der Waals surface area (Å²) in [6.45, 7) is 29.1. The molecule has 5 heterocycles. The second-order valence-corrected chi connectivity index (χ2v) is 28.2. The summed E-state index contributed by atoms with van der Waals surface area (Å²) in [4.78, 5) is 62.3. The number of rotatable bonds is 9. The van der Waals surface area contributed by atoms with Gasteiger partial charge in [-0.2, -0.15) is 21.6 Å². The number of alkyl halides is 3. The third-order valence-electron chi connectivity index (χ3n) is 15.5. The van der Waals surface area contributed by atoms with Crippen LogP contribution in [0.5, 0.6) is 0 Å². The van der Waals surface area contributed by atoms with Crippen LogP contribution in [0.25, 0.3) is 5.70 Å². The van der Waals surface area contributed by atoms with E-state index in [1.54, 1.807) is 69.0 Å². The molecule has 4 aromatic carbocycles. The number of piperidine rings is 1. The minimum atomic E-state index is -5.84. The Morgan fingerprint density at radius 1 is 0.716 bits per heavy atom. The van der Waals surface area contributed by atoms with Gasteiger partial charge in [0.1, 0.15) is 11.2 Å². The summed E-state index contributed by atoms with van der Waals surface area (Å²) in [5.41, 5.74) is 5.38. The van der Waals surface area contributed by atoms with Gasteiger partial charge in [0.05, 0.1) is 26.7 Å². The van der Waals surface area contributed by atoms with Crippen molar-refractivity contribution in [2.45, 2.75) is 169 Å². The summed E-state index contributed by atoms with van der Waals surface area (Å²) < 4.78 is 85.7. The second kappa shape index (κ2) is 36.0. The predicted molar refractivity (Wildman–Crippen MR) is 357 cm³/mol. The van der Waals surface area contributed by atoms with Crippen molar-refractivity contribution in [3.05, 3.63) is 157 Å². The Hall–Kier alpha value is -6.72. The van der Waals surface area contributed by atoms with Gasteiger partial charge in [-0.3, -0.25) is 30.1 Å². The molecule has 23 nitrogen and oxygen atoms in total. The van der Waals surface area contributed by atoms with E-state index in [9.17, 15) is 56.3 Å². The molecule has 0 saturated carbocycles. The van der Waals surface area contributed by atoms with Crippen LogP contribution in [0.2, 0.25) is 0 Å². The summed E-state index contributed by atoms with van der Waals surface area (Å²) in [5.74, 6) is 1.05. The minimum Gasteiger partial charge on any atom is -1.00 e. The molecule has 3 radical (unpaired) electrons. The van der Waals surface area contributed by atoms with Crippen LogP contribution in [-0.4, -0.2) is 121 Å². The number of benzene rings is 4. The average Bonchev–Trinajstić information content (AvgIpc) is 1.64. The smallest absolute Gasteiger partial charge is 1.00 e. The van der Waals surface area contributed by atoms with Crippen LogP contribution in [0.3, 0.4) is 0 Å². The fourth-order valence-electron chi connectivity index (χ4n) is 9.56. The van der Waals surface area contributed by atoms with Crippen LogP contribution >= 0.6 is 0 Å². The maximum atomic E-state index is 12.5. The van der Waals surface area contributed by atoms with E-state index in [0.29, 0.717) is 30.1 Å². The summed E-state index contributed by atoms with van der Waals surface area (Å²) in [6.07, 6.45) is 7.56. The van der Waals surface area contributed by atoms with Crippen molar-refractivity contribution in [3.8, 4) is 0 Å². The first-order valence-corrected chi connectivity index (χ1v) is 32.0. The van der Waals surface area contributed by atoms with Crippen LogP contribution in [0, 0.1) is 48.8 Å². The Morgan fingerprint density at radius 2 is 1.19 bits per heavy atom. The molecule has 0 aromatic heterocycles. The van der Waals surface area contributed by atoms with E-state index in [1.807, 2.05) is 84.0 Å². The van der Waals surface area contributed by atoms with Crippen molar-refractivity contribution in [1.29, 1.82) is 0 Å². The number of nitro groups is 2. The number of hydrogen-bond acceptors (Lipinski definition) is 18. The molecule has 0 bridgehead atoms. The van der Waals surface area contributed by atoms with Gasteiger partial charge >= 0.3 is 64.5 Å². The number of nitrogens with two attached hydrogens (primary N) is 1. The standard InChI is InChI=1S/C17H22N2O4.C12H16BNO3.C12H18F3NO5S.C12H14N2O2.C12H18N2.B.Na.H2O.H/c1-12-5-10-15(13-6-8-14(9-7-13)19(21)22)18(11-12)16(20)23-17(2,3)4;1-11(2)12(3,4)17-13(16-11)9-5-7-10(14-15)8-6-9;1-8-5-6-9(21-22(18,19)12(13,14)15)16(7-8)10(17)20-11(2,3)4;1-9-2-7-12(13-8-9)10-3-5-11(6-4-10)14(15)16;1-9-2-7-12(14-8-9)10-3-5-11(13)6-4-10;;;;/h6-10,12H,5,11H2,1-4H3;5-8H,1-4H3;6,8H,5,7H2,1-4H3;3-6,9H,2,7-8H2,1H3;3-6,9,12,14H,2,7-8,13H2,1H3;;;1H2;/q;;;;;;+1;;-1/t12-;;8-;9-;9-,12+;;;;/m0.000..../s1. The van der Waals surface area contributed by atoms with E-state index in [1.165, 1.54) is 42.7 Å².